The van der Waals surface area contributed by atoms with Crippen molar-refractivity contribution in [2.45, 2.75) is 0 Å². The van der Waals surface area contributed by atoms with Crippen molar-refractivity contribution in [3.8, 4) is 90.8 Å². The third-order valence-corrected chi connectivity index (χ3v) is 11.8. The van der Waals surface area contributed by atoms with Gasteiger partial charge in [-0.25, -0.2) is 29.9 Å². The Hall–Kier alpha value is -8.94. The second-order valence-corrected chi connectivity index (χ2v) is 15.8. The molecule has 0 radical (unpaired) electrons. The van der Waals surface area contributed by atoms with Gasteiger partial charge in [-0.05, 0) is 33.9 Å². The maximum Gasteiger partial charge on any atom is 0.164 e. The molecule has 0 spiro atoms. The second-order valence-electron chi connectivity index (χ2n) is 15.8. The molecule has 0 aliphatic carbocycles. The van der Waals surface area contributed by atoms with Crippen molar-refractivity contribution in [3.63, 3.8) is 0 Å². The fourth-order valence-electron chi connectivity index (χ4n) is 8.66. The summed E-state index contributed by atoms with van der Waals surface area (Å²) in [5, 5.41) is 5.04. The molecule has 65 heavy (non-hydrogen) atoms. The molecule has 9 aromatic carbocycles. The lowest BCUT2D eigenvalue weighted by Gasteiger charge is -2.13. The Balaban J connectivity index is 1.14. The molecular weight excluding hydrogens is 797 g/mol. The molecule has 3 heterocycles. The Morgan fingerprint density at radius 3 is 0.938 bits per heavy atom. The minimum Gasteiger partial charge on any atom is -0.455 e. The van der Waals surface area contributed by atoms with Crippen molar-refractivity contribution in [2.24, 2.45) is 0 Å². The van der Waals surface area contributed by atoms with Crippen LogP contribution in [0.3, 0.4) is 0 Å². The first-order chi connectivity index (χ1) is 32.2. The van der Waals surface area contributed by atoms with Gasteiger partial charge in [0.2, 0.25) is 0 Å². The van der Waals surface area contributed by atoms with Gasteiger partial charge in [0.05, 0.1) is 0 Å². The van der Waals surface area contributed by atoms with E-state index in [9.17, 15) is 0 Å². The third-order valence-electron chi connectivity index (χ3n) is 11.8. The van der Waals surface area contributed by atoms with Crippen molar-refractivity contribution in [3.05, 3.63) is 218 Å². The molecule has 0 N–H and O–H groups in total. The fourth-order valence-corrected chi connectivity index (χ4v) is 8.66. The lowest BCUT2D eigenvalue weighted by atomic mass is 9.91. The summed E-state index contributed by atoms with van der Waals surface area (Å²) in [6, 6.07) is 74.0. The SMILES string of the molecule is c1ccc(-c2nc(-c3ccccc3)nc(-c3ccc4c5ccc(-c6nc(-c7ccccc7)nc(-c7ccccc7)n6)cc5c5c(-c6ccccc6)c(-c6ccccc6)oc5c4c3)n2)cc1. The van der Waals surface area contributed by atoms with Gasteiger partial charge in [0, 0.05) is 55.3 Å². The summed E-state index contributed by atoms with van der Waals surface area (Å²) < 4.78 is 7.24. The van der Waals surface area contributed by atoms with Gasteiger partial charge in [-0.15, -0.1) is 0 Å². The van der Waals surface area contributed by atoms with Crippen LogP contribution in [-0.4, -0.2) is 29.9 Å². The summed E-state index contributed by atoms with van der Waals surface area (Å²) in [7, 11) is 0. The van der Waals surface area contributed by atoms with Crippen LogP contribution in [0.25, 0.3) is 123 Å². The molecule has 0 aliphatic rings. The van der Waals surface area contributed by atoms with E-state index in [-0.39, 0.29) is 0 Å². The molecule has 0 bridgehead atoms. The van der Waals surface area contributed by atoms with Crippen LogP contribution in [0.1, 0.15) is 0 Å². The van der Waals surface area contributed by atoms with Gasteiger partial charge in [0.15, 0.2) is 34.9 Å². The lowest BCUT2D eigenvalue weighted by Crippen LogP contribution is -2.00. The van der Waals surface area contributed by atoms with Crippen molar-refractivity contribution in [1.82, 2.24) is 29.9 Å². The van der Waals surface area contributed by atoms with E-state index in [1.807, 2.05) is 133 Å². The van der Waals surface area contributed by atoms with E-state index in [1.165, 1.54) is 0 Å². The number of fused-ring (bicyclic) bond motifs is 6. The maximum absolute atomic E-state index is 7.24. The Bertz CT molecular complexity index is 3560. The van der Waals surface area contributed by atoms with Crippen LogP contribution in [0.5, 0.6) is 0 Å². The van der Waals surface area contributed by atoms with E-state index in [4.69, 9.17) is 34.3 Å². The molecule has 0 atom stereocenters. The average Bonchev–Trinajstić information content (AvgIpc) is 3.81. The van der Waals surface area contributed by atoms with Gasteiger partial charge in [0.1, 0.15) is 11.3 Å². The van der Waals surface area contributed by atoms with Gasteiger partial charge in [-0.1, -0.05) is 206 Å². The highest BCUT2D eigenvalue weighted by molar-refractivity contribution is 6.29. The molecule has 7 heteroatoms. The van der Waals surface area contributed by atoms with E-state index < -0.39 is 0 Å². The van der Waals surface area contributed by atoms with Gasteiger partial charge in [-0.2, -0.15) is 0 Å². The zero-order valence-electron chi connectivity index (χ0n) is 34.9. The highest BCUT2D eigenvalue weighted by atomic mass is 16.3. The topological polar surface area (TPSA) is 90.5 Å². The van der Waals surface area contributed by atoms with E-state index in [0.717, 1.165) is 88.3 Å². The predicted molar refractivity (Wildman–Crippen MR) is 261 cm³/mol. The normalized spacial score (nSPS) is 11.4. The largest absolute Gasteiger partial charge is 0.455 e. The first kappa shape index (κ1) is 37.8. The highest BCUT2D eigenvalue weighted by Crippen LogP contribution is 2.48. The summed E-state index contributed by atoms with van der Waals surface area (Å²) in [5.74, 6) is 4.35. The summed E-state index contributed by atoms with van der Waals surface area (Å²) in [5.41, 5.74) is 9.14. The zero-order chi connectivity index (χ0) is 43.1. The minimum atomic E-state index is 0.569. The standard InChI is InChI=1S/C58H36N6O/c1-7-19-37(20-8-1)49-50-47-35-43(57-61-53(39-23-11-3-12-24-39)59-54(62-57)40-25-13-4-14-26-40)31-33-45(47)46-34-32-44(36-48(46)52(50)65-51(49)38-21-9-2-10-22-38)58-63-55(41-27-15-5-16-28-41)60-56(64-58)42-29-17-6-18-30-42/h1-36H. The van der Waals surface area contributed by atoms with Gasteiger partial charge >= 0.3 is 0 Å². The minimum absolute atomic E-state index is 0.569. The van der Waals surface area contributed by atoms with Crippen LogP contribution in [0.2, 0.25) is 0 Å². The summed E-state index contributed by atoms with van der Waals surface area (Å²) in [4.78, 5) is 30.4. The summed E-state index contributed by atoms with van der Waals surface area (Å²) in [6.07, 6.45) is 0. The molecule has 12 rings (SSSR count). The number of furan rings is 1. The van der Waals surface area contributed by atoms with Crippen LogP contribution in [0, 0.1) is 0 Å². The second kappa shape index (κ2) is 16.1. The molecule has 0 saturated carbocycles. The quantitative estimate of drug-likeness (QED) is 0.141. The van der Waals surface area contributed by atoms with E-state index >= 15 is 0 Å². The van der Waals surface area contributed by atoms with Crippen LogP contribution in [0.4, 0.5) is 0 Å². The smallest absolute Gasteiger partial charge is 0.164 e. The Labute approximate surface area is 374 Å². The van der Waals surface area contributed by atoms with Crippen LogP contribution in [-0.2, 0) is 0 Å². The molecule has 0 saturated heterocycles. The van der Waals surface area contributed by atoms with E-state index in [2.05, 4.69) is 84.9 Å². The summed E-state index contributed by atoms with van der Waals surface area (Å²) >= 11 is 0. The van der Waals surface area contributed by atoms with E-state index in [1.54, 1.807) is 0 Å². The number of hydrogen-bond donors (Lipinski definition) is 0. The molecule has 0 unspecified atom stereocenters. The fraction of sp³-hybridized carbons (Fsp3) is 0. The molecule has 7 nitrogen and oxygen atoms in total. The van der Waals surface area contributed by atoms with Crippen LogP contribution < -0.4 is 0 Å². The maximum atomic E-state index is 7.24. The molecule has 12 aromatic rings. The Kier molecular flexibility index (Phi) is 9.34. The lowest BCUT2D eigenvalue weighted by molar-refractivity contribution is 0.636. The third kappa shape index (κ3) is 6.98. The van der Waals surface area contributed by atoms with Gasteiger partial charge in [0.25, 0.3) is 0 Å². The molecule has 0 aliphatic heterocycles. The van der Waals surface area contributed by atoms with Gasteiger partial charge < -0.3 is 4.42 Å². The van der Waals surface area contributed by atoms with Crippen molar-refractivity contribution < 1.29 is 4.42 Å². The first-order valence-electron chi connectivity index (χ1n) is 21.5. The number of rotatable bonds is 8. The van der Waals surface area contributed by atoms with Crippen LogP contribution >= 0.6 is 0 Å². The Morgan fingerprint density at radius 1 is 0.246 bits per heavy atom. The van der Waals surface area contributed by atoms with Crippen LogP contribution in [0.15, 0.2) is 223 Å². The number of aromatic nitrogens is 6. The Morgan fingerprint density at radius 2 is 0.554 bits per heavy atom. The molecule has 0 fully saturated rings. The monoisotopic (exact) mass is 832 g/mol. The van der Waals surface area contributed by atoms with Crippen molar-refractivity contribution in [2.75, 3.05) is 0 Å². The predicted octanol–water partition coefficient (Wildman–Crippen LogP) is 14.4. The number of nitrogens with zero attached hydrogens (tertiary/aromatic N) is 6. The molecule has 3 aromatic heterocycles. The van der Waals surface area contributed by atoms with Gasteiger partial charge in [-0.3, -0.25) is 0 Å². The molecule has 304 valence electrons. The molecule has 0 amide bonds. The average molecular weight is 833 g/mol. The zero-order valence-corrected chi connectivity index (χ0v) is 34.9. The summed E-state index contributed by atoms with van der Waals surface area (Å²) in [6.45, 7) is 0. The molecular formula is C58H36N6O. The first-order valence-corrected chi connectivity index (χ1v) is 21.5. The van der Waals surface area contributed by atoms with Crippen molar-refractivity contribution >= 4 is 32.5 Å². The van der Waals surface area contributed by atoms with E-state index in [0.29, 0.717) is 34.9 Å². The highest BCUT2D eigenvalue weighted by Gasteiger charge is 2.25. The van der Waals surface area contributed by atoms with Crippen molar-refractivity contribution in [1.29, 1.82) is 0 Å². The number of benzene rings is 9. The number of hydrogen-bond acceptors (Lipinski definition) is 7.